The highest BCUT2D eigenvalue weighted by Crippen LogP contribution is 2.30. The second-order valence-corrected chi connectivity index (χ2v) is 5.52. The molecule has 0 aliphatic rings. The summed E-state index contributed by atoms with van der Waals surface area (Å²) in [5, 5.41) is 3.34. The van der Waals surface area contributed by atoms with Crippen molar-refractivity contribution in [3.8, 4) is 0 Å². The number of halogens is 3. The minimum Gasteiger partial charge on any atom is -0.310 e. The zero-order valence-corrected chi connectivity index (χ0v) is 13.2. The summed E-state index contributed by atoms with van der Waals surface area (Å²) >= 11 is 3.17. The van der Waals surface area contributed by atoms with Gasteiger partial charge in [0, 0.05) is 6.04 Å². The Balaban J connectivity index is 2.78. The first kappa shape index (κ1) is 16.6. The molecular weight excluding hydrogens is 312 g/mol. The molecule has 0 spiro atoms. The highest BCUT2D eigenvalue weighted by atomic mass is 79.9. The third-order valence-corrected chi connectivity index (χ3v) is 4.04. The van der Waals surface area contributed by atoms with Crippen molar-refractivity contribution in [2.45, 2.75) is 52.0 Å². The van der Waals surface area contributed by atoms with E-state index in [0.717, 1.165) is 24.9 Å². The normalized spacial score (nSPS) is 12.7. The molecule has 0 saturated carbocycles. The van der Waals surface area contributed by atoms with Gasteiger partial charge in [0.2, 0.25) is 0 Å². The molecule has 1 N–H and O–H groups in total. The smallest absolute Gasteiger partial charge is 0.173 e. The Labute approximate surface area is 122 Å². The van der Waals surface area contributed by atoms with Gasteiger partial charge in [-0.05, 0) is 40.5 Å². The van der Waals surface area contributed by atoms with Gasteiger partial charge in [-0.25, -0.2) is 8.78 Å². The van der Waals surface area contributed by atoms with Crippen molar-refractivity contribution < 1.29 is 8.78 Å². The molecule has 0 heterocycles. The Morgan fingerprint density at radius 2 is 1.89 bits per heavy atom. The van der Waals surface area contributed by atoms with Crippen molar-refractivity contribution in [3.63, 3.8) is 0 Å². The average Bonchev–Trinajstić information content (AvgIpc) is 2.40. The molecule has 0 aliphatic heterocycles. The monoisotopic (exact) mass is 333 g/mol. The average molecular weight is 334 g/mol. The van der Waals surface area contributed by atoms with Crippen LogP contribution in [-0.4, -0.2) is 6.54 Å². The fourth-order valence-corrected chi connectivity index (χ4v) is 2.80. The summed E-state index contributed by atoms with van der Waals surface area (Å²) < 4.78 is 27.0. The van der Waals surface area contributed by atoms with Gasteiger partial charge in [-0.3, -0.25) is 0 Å². The van der Waals surface area contributed by atoms with Gasteiger partial charge < -0.3 is 5.32 Å². The number of hydrogen-bond acceptors (Lipinski definition) is 1. The maximum absolute atomic E-state index is 13.6. The first-order chi connectivity index (χ1) is 9.11. The first-order valence-electron chi connectivity index (χ1n) is 6.98. The van der Waals surface area contributed by atoms with E-state index in [0.29, 0.717) is 0 Å². The van der Waals surface area contributed by atoms with E-state index in [4.69, 9.17) is 0 Å². The van der Waals surface area contributed by atoms with Crippen molar-refractivity contribution in [2.75, 3.05) is 6.54 Å². The molecule has 0 fully saturated rings. The summed E-state index contributed by atoms with van der Waals surface area (Å²) in [5.41, 5.74) is 0.803. The molecule has 0 radical (unpaired) electrons. The van der Waals surface area contributed by atoms with Crippen molar-refractivity contribution in [1.29, 1.82) is 0 Å². The Bertz CT molecular complexity index is 396. The number of benzene rings is 1. The van der Waals surface area contributed by atoms with Crippen LogP contribution in [0.1, 0.15) is 57.6 Å². The summed E-state index contributed by atoms with van der Waals surface area (Å²) in [4.78, 5) is 0. The van der Waals surface area contributed by atoms with Crippen molar-refractivity contribution in [3.05, 3.63) is 33.8 Å². The molecule has 19 heavy (non-hydrogen) atoms. The molecule has 0 saturated heterocycles. The van der Waals surface area contributed by atoms with Gasteiger partial charge in [-0.15, -0.1) is 0 Å². The Hall–Kier alpha value is -0.480. The molecule has 1 atom stereocenters. The second kappa shape index (κ2) is 8.64. The van der Waals surface area contributed by atoms with Crippen LogP contribution in [0.3, 0.4) is 0 Å². The molecule has 1 aromatic rings. The Morgan fingerprint density at radius 3 is 2.53 bits per heavy atom. The van der Waals surface area contributed by atoms with E-state index in [9.17, 15) is 8.78 Å². The van der Waals surface area contributed by atoms with E-state index in [1.165, 1.54) is 25.3 Å². The van der Waals surface area contributed by atoms with Gasteiger partial charge in [-0.1, -0.05) is 45.6 Å². The fourth-order valence-electron chi connectivity index (χ4n) is 2.20. The fraction of sp³-hybridized carbons (Fsp3) is 0.600. The highest BCUT2D eigenvalue weighted by molar-refractivity contribution is 9.10. The lowest BCUT2D eigenvalue weighted by molar-refractivity contribution is 0.466. The lowest BCUT2D eigenvalue weighted by Gasteiger charge is -2.20. The van der Waals surface area contributed by atoms with E-state index in [2.05, 4.69) is 28.2 Å². The third kappa shape index (κ3) is 4.84. The van der Waals surface area contributed by atoms with Crippen LogP contribution in [-0.2, 0) is 0 Å². The lowest BCUT2D eigenvalue weighted by atomic mass is 9.99. The van der Waals surface area contributed by atoms with Crippen LogP contribution in [0.25, 0.3) is 0 Å². The number of rotatable bonds is 8. The molecule has 1 unspecified atom stereocenters. The molecule has 4 heteroatoms. The summed E-state index contributed by atoms with van der Waals surface area (Å²) in [7, 11) is 0. The molecule has 1 rings (SSSR count). The van der Waals surface area contributed by atoms with Gasteiger partial charge in [0.15, 0.2) is 11.6 Å². The largest absolute Gasteiger partial charge is 0.310 e. The predicted molar refractivity (Wildman–Crippen MR) is 79.2 cm³/mol. The van der Waals surface area contributed by atoms with Gasteiger partial charge >= 0.3 is 0 Å². The third-order valence-electron chi connectivity index (χ3n) is 3.24. The number of unbranched alkanes of at least 4 members (excludes halogenated alkanes) is 3. The lowest BCUT2D eigenvalue weighted by Crippen LogP contribution is -2.21. The molecule has 1 aromatic carbocycles. The van der Waals surface area contributed by atoms with Crippen LogP contribution in [0.4, 0.5) is 8.78 Å². The van der Waals surface area contributed by atoms with Crippen molar-refractivity contribution in [2.24, 2.45) is 0 Å². The maximum atomic E-state index is 13.6. The zero-order valence-electron chi connectivity index (χ0n) is 11.6. The number of hydrogen-bond donors (Lipinski definition) is 1. The van der Waals surface area contributed by atoms with Crippen LogP contribution in [0.15, 0.2) is 16.6 Å². The van der Waals surface area contributed by atoms with E-state index < -0.39 is 11.6 Å². The molecule has 0 aliphatic carbocycles. The molecule has 108 valence electrons. The van der Waals surface area contributed by atoms with Gasteiger partial charge in [0.1, 0.15) is 0 Å². The quantitative estimate of drug-likeness (QED) is 0.499. The van der Waals surface area contributed by atoms with Crippen LogP contribution in [0.2, 0.25) is 0 Å². The molecule has 0 aromatic heterocycles. The molecular formula is C15H22BrF2N. The molecule has 0 amide bonds. The maximum Gasteiger partial charge on any atom is 0.173 e. The van der Waals surface area contributed by atoms with E-state index in [-0.39, 0.29) is 10.5 Å². The van der Waals surface area contributed by atoms with Crippen molar-refractivity contribution >= 4 is 15.9 Å². The van der Waals surface area contributed by atoms with Crippen molar-refractivity contribution in [1.82, 2.24) is 5.32 Å². The van der Waals surface area contributed by atoms with Gasteiger partial charge in [-0.2, -0.15) is 0 Å². The molecule has 1 nitrogen and oxygen atoms in total. The highest BCUT2D eigenvalue weighted by Gasteiger charge is 2.18. The van der Waals surface area contributed by atoms with Gasteiger partial charge in [0.05, 0.1) is 4.47 Å². The predicted octanol–water partition coefficient (Wildman–Crippen LogP) is 5.35. The summed E-state index contributed by atoms with van der Waals surface area (Å²) in [6, 6.07) is 2.94. The van der Waals surface area contributed by atoms with E-state index in [1.807, 2.05) is 6.92 Å². The standard InChI is InChI=1S/C15H22BrF2N/c1-3-5-6-7-8-13(19-4-2)11-9-10-12(17)15(18)14(11)16/h9-10,13,19H,3-8H2,1-2H3. The SMILES string of the molecule is CCCCCCC(NCC)c1ccc(F)c(F)c1Br. The van der Waals surface area contributed by atoms with E-state index >= 15 is 0 Å². The summed E-state index contributed by atoms with van der Waals surface area (Å²) in [6.45, 7) is 5.00. The summed E-state index contributed by atoms with van der Waals surface area (Å²) in [5.74, 6) is -1.61. The molecule has 0 bridgehead atoms. The van der Waals surface area contributed by atoms with Crippen LogP contribution in [0.5, 0.6) is 0 Å². The zero-order chi connectivity index (χ0) is 14.3. The Kier molecular flexibility index (Phi) is 7.54. The van der Waals surface area contributed by atoms with Crippen LogP contribution >= 0.6 is 15.9 Å². The topological polar surface area (TPSA) is 12.0 Å². The second-order valence-electron chi connectivity index (χ2n) is 4.72. The minimum absolute atomic E-state index is 0.0753. The first-order valence-corrected chi connectivity index (χ1v) is 7.77. The van der Waals surface area contributed by atoms with Gasteiger partial charge in [0.25, 0.3) is 0 Å². The van der Waals surface area contributed by atoms with E-state index in [1.54, 1.807) is 6.07 Å². The van der Waals surface area contributed by atoms with Crippen LogP contribution in [0, 0.1) is 11.6 Å². The van der Waals surface area contributed by atoms with Crippen LogP contribution < -0.4 is 5.32 Å². The number of nitrogens with one attached hydrogen (secondary N) is 1. The Morgan fingerprint density at radius 1 is 1.16 bits per heavy atom. The summed E-state index contributed by atoms with van der Waals surface area (Å²) in [6.07, 6.45) is 5.63. The minimum atomic E-state index is -0.808.